The van der Waals surface area contributed by atoms with Crippen LogP contribution in [0.15, 0.2) is 18.3 Å². The number of amides is 1. The zero-order chi connectivity index (χ0) is 17.6. The molecule has 0 spiro atoms. The van der Waals surface area contributed by atoms with Crippen LogP contribution in [-0.4, -0.2) is 68.3 Å². The lowest BCUT2D eigenvalue weighted by Crippen LogP contribution is -2.36. The van der Waals surface area contributed by atoms with Crippen LogP contribution in [-0.2, 0) is 4.74 Å². The number of carbonyl (C=O) groups is 1. The van der Waals surface area contributed by atoms with Gasteiger partial charge in [-0.1, -0.05) is 13.8 Å². The van der Waals surface area contributed by atoms with Crippen LogP contribution in [0.1, 0.15) is 30.8 Å². The van der Waals surface area contributed by atoms with Crippen molar-refractivity contribution in [2.75, 3.05) is 57.4 Å². The van der Waals surface area contributed by atoms with E-state index < -0.39 is 0 Å². The molecular formula is C19H30N4O2. The number of carbonyl (C=O) groups excluding carboxylic acids is 1. The highest BCUT2D eigenvalue weighted by atomic mass is 16.5. The van der Waals surface area contributed by atoms with E-state index in [1.807, 2.05) is 12.1 Å². The van der Waals surface area contributed by atoms with E-state index in [0.717, 1.165) is 64.6 Å². The molecule has 0 bridgehead atoms. The SMILES string of the molecule is CC(C)CN1CC[C@@H](CNC(=O)c2cc(N3CCOCC3)ccn2)C1. The summed E-state index contributed by atoms with van der Waals surface area (Å²) in [4.78, 5) is 21.5. The number of morpholine rings is 1. The molecular weight excluding hydrogens is 316 g/mol. The van der Waals surface area contributed by atoms with Crippen molar-refractivity contribution in [3.63, 3.8) is 0 Å². The van der Waals surface area contributed by atoms with Gasteiger partial charge in [0.15, 0.2) is 0 Å². The van der Waals surface area contributed by atoms with Crippen LogP contribution < -0.4 is 10.2 Å². The van der Waals surface area contributed by atoms with E-state index in [9.17, 15) is 4.79 Å². The number of nitrogens with zero attached hydrogens (tertiary/aromatic N) is 3. The summed E-state index contributed by atoms with van der Waals surface area (Å²) < 4.78 is 5.39. The Morgan fingerprint density at radius 1 is 1.36 bits per heavy atom. The molecule has 3 rings (SSSR count). The van der Waals surface area contributed by atoms with Crippen molar-refractivity contribution >= 4 is 11.6 Å². The first kappa shape index (κ1) is 18.1. The summed E-state index contributed by atoms with van der Waals surface area (Å²) in [6.45, 7) is 11.8. The quantitative estimate of drug-likeness (QED) is 0.848. The summed E-state index contributed by atoms with van der Waals surface area (Å²) in [5.41, 5.74) is 1.55. The van der Waals surface area contributed by atoms with Gasteiger partial charge in [-0.2, -0.15) is 0 Å². The largest absolute Gasteiger partial charge is 0.378 e. The molecule has 1 amide bonds. The third kappa shape index (κ3) is 5.16. The predicted octanol–water partition coefficient (Wildman–Crippen LogP) is 1.63. The minimum Gasteiger partial charge on any atom is -0.378 e. The maximum absolute atomic E-state index is 12.5. The third-order valence-corrected chi connectivity index (χ3v) is 4.90. The fourth-order valence-electron chi connectivity index (χ4n) is 3.65. The minimum atomic E-state index is -0.0718. The van der Waals surface area contributed by atoms with Crippen molar-refractivity contribution in [3.8, 4) is 0 Å². The van der Waals surface area contributed by atoms with Crippen molar-refractivity contribution < 1.29 is 9.53 Å². The Kier molecular flexibility index (Phi) is 6.26. The van der Waals surface area contributed by atoms with Gasteiger partial charge in [-0.25, -0.2) is 0 Å². The average molecular weight is 346 g/mol. The molecule has 6 nitrogen and oxygen atoms in total. The maximum atomic E-state index is 12.5. The van der Waals surface area contributed by atoms with E-state index in [0.29, 0.717) is 17.5 Å². The molecule has 3 heterocycles. The Morgan fingerprint density at radius 2 is 2.16 bits per heavy atom. The Morgan fingerprint density at radius 3 is 2.92 bits per heavy atom. The molecule has 25 heavy (non-hydrogen) atoms. The summed E-state index contributed by atoms with van der Waals surface area (Å²) in [5.74, 6) is 1.17. The molecule has 138 valence electrons. The Hall–Kier alpha value is -1.66. The second-order valence-corrected chi connectivity index (χ2v) is 7.52. The van der Waals surface area contributed by atoms with Crippen LogP contribution in [0.3, 0.4) is 0 Å². The van der Waals surface area contributed by atoms with Gasteiger partial charge in [0, 0.05) is 44.6 Å². The Bertz CT molecular complexity index is 572. The summed E-state index contributed by atoms with van der Waals surface area (Å²) in [6, 6.07) is 3.85. The van der Waals surface area contributed by atoms with E-state index >= 15 is 0 Å². The normalized spacial score (nSPS) is 21.7. The van der Waals surface area contributed by atoms with Crippen LogP contribution in [0.2, 0.25) is 0 Å². The number of likely N-dealkylation sites (tertiary alicyclic amines) is 1. The zero-order valence-corrected chi connectivity index (χ0v) is 15.4. The van der Waals surface area contributed by atoms with Crippen LogP contribution in [0.5, 0.6) is 0 Å². The first-order valence-electron chi connectivity index (χ1n) is 9.41. The molecule has 2 aliphatic rings. The molecule has 1 atom stereocenters. The van der Waals surface area contributed by atoms with Crippen molar-refractivity contribution in [2.45, 2.75) is 20.3 Å². The Labute approximate surface area is 150 Å². The molecule has 6 heteroatoms. The van der Waals surface area contributed by atoms with Crippen molar-refractivity contribution in [3.05, 3.63) is 24.0 Å². The molecule has 1 N–H and O–H groups in total. The molecule has 1 aromatic rings. The molecule has 2 fully saturated rings. The van der Waals surface area contributed by atoms with Gasteiger partial charge < -0.3 is 19.9 Å². The van der Waals surface area contributed by atoms with E-state index in [-0.39, 0.29) is 5.91 Å². The van der Waals surface area contributed by atoms with E-state index in [4.69, 9.17) is 4.74 Å². The first-order chi connectivity index (χ1) is 12.1. The van der Waals surface area contributed by atoms with Gasteiger partial charge in [0.05, 0.1) is 13.2 Å². The number of hydrogen-bond acceptors (Lipinski definition) is 5. The van der Waals surface area contributed by atoms with Crippen LogP contribution >= 0.6 is 0 Å². The topological polar surface area (TPSA) is 57.7 Å². The van der Waals surface area contributed by atoms with E-state index in [2.05, 4.69) is 33.9 Å². The molecule has 2 aliphatic heterocycles. The molecule has 1 aromatic heterocycles. The molecule has 0 saturated carbocycles. The van der Waals surface area contributed by atoms with Gasteiger partial charge in [-0.05, 0) is 36.9 Å². The fraction of sp³-hybridized carbons (Fsp3) is 0.684. The number of ether oxygens (including phenoxy) is 1. The van der Waals surface area contributed by atoms with E-state index in [1.165, 1.54) is 0 Å². The van der Waals surface area contributed by atoms with Gasteiger partial charge in [0.1, 0.15) is 5.69 Å². The lowest BCUT2D eigenvalue weighted by molar-refractivity contribution is 0.0942. The summed E-state index contributed by atoms with van der Waals surface area (Å²) in [7, 11) is 0. The number of anilines is 1. The van der Waals surface area contributed by atoms with Gasteiger partial charge in [-0.3, -0.25) is 9.78 Å². The fourth-order valence-corrected chi connectivity index (χ4v) is 3.65. The molecule has 0 radical (unpaired) electrons. The molecule has 0 unspecified atom stereocenters. The summed E-state index contributed by atoms with van der Waals surface area (Å²) >= 11 is 0. The standard InChI is InChI=1S/C19H30N4O2/c1-15(2)13-22-6-4-16(14-22)12-21-19(24)18-11-17(3-5-20-18)23-7-9-25-10-8-23/h3,5,11,15-16H,4,6-10,12-14H2,1-2H3,(H,21,24)/t16-/m0/s1. The number of pyridine rings is 1. The first-order valence-corrected chi connectivity index (χ1v) is 9.41. The molecule has 0 aromatic carbocycles. The van der Waals surface area contributed by atoms with Crippen molar-refractivity contribution in [1.82, 2.24) is 15.2 Å². The van der Waals surface area contributed by atoms with Gasteiger partial charge >= 0.3 is 0 Å². The summed E-state index contributed by atoms with van der Waals surface area (Å²) in [6.07, 6.45) is 2.88. The highest BCUT2D eigenvalue weighted by Crippen LogP contribution is 2.18. The maximum Gasteiger partial charge on any atom is 0.269 e. The predicted molar refractivity (Wildman–Crippen MR) is 99.0 cm³/mol. The minimum absolute atomic E-state index is 0.0718. The smallest absolute Gasteiger partial charge is 0.269 e. The number of nitrogens with one attached hydrogen (secondary N) is 1. The monoisotopic (exact) mass is 346 g/mol. The second kappa shape index (κ2) is 8.63. The highest BCUT2D eigenvalue weighted by molar-refractivity contribution is 5.93. The van der Waals surface area contributed by atoms with Gasteiger partial charge in [0.2, 0.25) is 0 Å². The van der Waals surface area contributed by atoms with Crippen LogP contribution in [0.4, 0.5) is 5.69 Å². The third-order valence-electron chi connectivity index (χ3n) is 4.90. The second-order valence-electron chi connectivity index (χ2n) is 7.52. The van der Waals surface area contributed by atoms with Gasteiger partial charge in [0.25, 0.3) is 5.91 Å². The van der Waals surface area contributed by atoms with Crippen molar-refractivity contribution in [1.29, 1.82) is 0 Å². The van der Waals surface area contributed by atoms with Gasteiger partial charge in [-0.15, -0.1) is 0 Å². The highest BCUT2D eigenvalue weighted by Gasteiger charge is 2.23. The molecule has 0 aliphatic carbocycles. The average Bonchev–Trinajstić information content (AvgIpc) is 3.07. The molecule has 2 saturated heterocycles. The van der Waals surface area contributed by atoms with Crippen LogP contribution in [0, 0.1) is 11.8 Å². The number of rotatable bonds is 6. The Balaban J connectivity index is 1.50. The lowest BCUT2D eigenvalue weighted by atomic mass is 10.1. The van der Waals surface area contributed by atoms with Crippen molar-refractivity contribution in [2.24, 2.45) is 11.8 Å². The van der Waals surface area contributed by atoms with Crippen LogP contribution in [0.25, 0.3) is 0 Å². The number of hydrogen-bond donors (Lipinski definition) is 1. The van der Waals surface area contributed by atoms with E-state index in [1.54, 1.807) is 6.20 Å². The summed E-state index contributed by atoms with van der Waals surface area (Å²) in [5, 5.41) is 3.07. The lowest BCUT2D eigenvalue weighted by Gasteiger charge is -2.28. The number of aromatic nitrogens is 1. The zero-order valence-electron chi connectivity index (χ0n) is 15.4.